The third-order valence-electron chi connectivity index (χ3n) is 4.05. The van der Waals surface area contributed by atoms with Crippen LogP contribution in [0.4, 0.5) is 13.6 Å². The summed E-state index contributed by atoms with van der Waals surface area (Å²) in [6.45, 7) is -1.30. The molecule has 0 unspecified atom stereocenters. The minimum atomic E-state index is -3.01. The SMILES string of the molecule is COc1cc(/C=C2/SC(=O)N(CCNC(=O)c3snnc3C)C2=O)ccc1OC(F)F. The number of nitrogens with one attached hydrogen (secondary N) is 1. The Morgan fingerprint density at radius 1 is 1.32 bits per heavy atom. The van der Waals surface area contributed by atoms with E-state index in [0.717, 1.165) is 28.2 Å². The van der Waals surface area contributed by atoms with Gasteiger partial charge >= 0.3 is 6.61 Å². The van der Waals surface area contributed by atoms with E-state index < -0.39 is 17.8 Å². The minimum Gasteiger partial charge on any atom is -0.493 e. The van der Waals surface area contributed by atoms with Gasteiger partial charge in [-0.3, -0.25) is 19.3 Å². The Morgan fingerprint density at radius 3 is 2.74 bits per heavy atom. The topological polar surface area (TPSA) is 111 Å². The lowest BCUT2D eigenvalue weighted by atomic mass is 10.2. The molecule has 0 bridgehead atoms. The lowest BCUT2D eigenvalue weighted by Gasteiger charge is -2.12. The lowest BCUT2D eigenvalue weighted by molar-refractivity contribution is -0.122. The number of halogens is 2. The molecule has 31 heavy (non-hydrogen) atoms. The number of ether oxygens (including phenoxy) is 2. The van der Waals surface area contributed by atoms with Crippen molar-refractivity contribution in [3.63, 3.8) is 0 Å². The van der Waals surface area contributed by atoms with Crippen LogP contribution in [-0.4, -0.2) is 58.4 Å². The highest BCUT2D eigenvalue weighted by Crippen LogP contribution is 2.34. The molecule has 2 heterocycles. The average Bonchev–Trinajstić information content (AvgIpc) is 3.26. The number of nitrogens with zero attached hydrogens (tertiary/aromatic N) is 3. The van der Waals surface area contributed by atoms with Crippen LogP contribution in [-0.2, 0) is 4.79 Å². The number of benzene rings is 1. The van der Waals surface area contributed by atoms with Gasteiger partial charge in [-0.1, -0.05) is 10.6 Å². The number of amides is 3. The molecule has 9 nitrogen and oxygen atoms in total. The average molecular weight is 470 g/mol. The van der Waals surface area contributed by atoms with E-state index >= 15 is 0 Å². The summed E-state index contributed by atoms with van der Waals surface area (Å²) in [5.74, 6) is -0.992. The van der Waals surface area contributed by atoms with Crippen LogP contribution in [0.5, 0.6) is 11.5 Å². The molecule has 3 amide bonds. The molecular weight excluding hydrogens is 454 g/mol. The van der Waals surface area contributed by atoms with Gasteiger partial charge in [0, 0.05) is 13.1 Å². The molecule has 1 aliphatic rings. The van der Waals surface area contributed by atoms with Crippen molar-refractivity contribution >= 4 is 46.4 Å². The second kappa shape index (κ2) is 9.83. The van der Waals surface area contributed by atoms with E-state index in [9.17, 15) is 23.2 Å². The van der Waals surface area contributed by atoms with Gasteiger partial charge in [0.25, 0.3) is 17.1 Å². The van der Waals surface area contributed by atoms with Gasteiger partial charge < -0.3 is 14.8 Å². The van der Waals surface area contributed by atoms with Gasteiger partial charge in [0.05, 0.1) is 17.7 Å². The lowest BCUT2D eigenvalue weighted by Crippen LogP contribution is -2.37. The number of carbonyl (C=O) groups is 3. The van der Waals surface area contributed by atoms with Crippen molar-refractivity contribution in [3.05, 3.63) is 39.2 Å². The Labute approximate surface area is 183 Å². The van der Waals surface area contributed by atoms with Gasteiger partial charge in [-0.05, 0) is 54.0 Å². The number of aryl methyl sites for hydroxylation is 1. The molecule has 3 rings (SSSR count). The van der Waals surface area contributed by atoms with Crippen LogP contribution in [0.25, 0.3) is 6.08 Å². The van der Waals surface area contributed by atoms with E-state index in [4.69, 9.17) is 4.74 Å². The molecule has 0 radical (unpaired) electrons. The zero-order valence-corrected chi connectivity index (χ0v) is 17.9. The smallest absolute Gasteiger partial charge is 0.387 e. The molecular formula is C18H16F2N4O5S2. The summed E-state index contributed by atoms with van der Waals surface area (Å²) >= 11 is 1.70. The molecule has 1 aromatic carbocycles. The van der Waals surface area contributed by atoms with E-state index in [1.54, 1.807) is 6.92 Å². The van der Waals surface area contributed by atoms with Crippen molar-refractivity contribution < 1.29 is 32.6 Å². The normalized spacial score (nSPS) is 15.1. The highest BCUT2D eigenvalue weighted by atomic mass is 32.2. The molecule has 0 aliphatic carbocycles. The van der Waals surface area contributed by atoms with Crippen LogP contribution in [0.2, 0.25) is 0 Å². The predicted octanol–water partition coefficient (Wildman–Crippen LogP) is 2.92. The number of imide groups is 1. The molecule has 1 N–H and O–H groups in total. The highest BCUT2D eigenvalue weighted by molar-refractivity contribution is 8.18. The Morgan fingerprint density at radius 2 is 2.10 bits per heavy atom. The zero-order valence-electron chi connectivity index (χ0n) is 16.3. The first-order valence-electron chi connectivity index (χ1n) is 8.75. The summed E-state index contributed by atoms with van der Waals surface area (Å²) in [5, 5.41) is 5.89. The molecule has 1 aromatic heterocycles. The van der Waals surface area contributed by atoms with Crippen molar-refractivity contribution in [3.8, 4) is 11.5 Å². The first-order valence-corrected chi connectivity index (χ1v) is 10.3. The second-order valence-corrected chi connectivity index (χ2v) is 7.81. The van der Waals surface area contributed by atoms with Crippen molar-refractivity contribution in [2.24, 2.45) is 0 Å². The number of carbonyl (C=O) groups excluding carboxylic acids is 3. The Bertz CT molecular complexity index is 1040. The third kappa shape index (κ3) is 5.35. The fourth-order valence-corrected chi connectivity index (χ4v) is 4.05. The summed E-state index contributed by atoms with van der Waals surface area (Å²) in [7, 11) is 1.30. The van der Waals surface area contributed by atoms with E-state index in [1.807, 2.05) is 0 Å². The molecule has 0 atom stereocenters. The largest absolute Gasteiger partial charge is 0.493 e. The van der Waals surface area contributed by atoms with Gasteiger partial charge in [0.2, 0.25) is 0 Å². The van der Waals surface area contributed by atoms with Crippen LogP contribution in [0.3, 0.4) is 0 Å². The summed E-state index contributed by atoms with van der Waals surface area (Å²) in [5.41, 5.74) is 0.961. The van der Waals surface area contributed by atoms with Gasteiger partial charge in [0.15, 0.2) is 11.5 Å². The Hall–Kier alpha value is -3.06. The predicted molar refractivity (Wildman–Crippen MR) is 109 cm³/mol. The second-order valence-electron chi connectivity index (χ2n) is 6.07. The van der Waals surface area contributed by atoms with Gasteiger partial charge in [-0.2, -0.15) is 8.78 Å². The summed E-state index contributed by atoms with van der Waals surface area (Å²) < 4.78 is 38.0. The first kappa shape index (κ1) is 22.6. The third-order valence-corrected chi connectivity index (χ3v) is 5.79. The monoisotopic (exact) mass is 470 g/mol. The van der Waals surface area contributed by atoms with Crippen LogP contribution in [0, 0.1) is 6.92 Å². The van der Waals surface area contributed by atoms with E-state index in [2.05, 4.69) is 19.6 Å². The Balaban J connectivity index is 1.65. The van der Waals surface area contributed by atoms with Gasteiger partial charge in [-0.25, -0.2) is 0 Å². The molecule has 1 aliphatic heterocycles. The number of alkyl halides is 2. The van der Waals surface area contributed by atoms with Crippen molar-refractivity contribution in [2.45, 2.75) is 13.5 Å². The molecule has 0 saturated carbocycles. The molecule has 2 aromatic rings. The molecule has 1 fully saturated rings. The summed E-state index contributed by atoms with van der Waals surface area (Å²) in [6, 6.07) is 4.16. The maximum atomic E-state index is 12.6. The van der Waals surface area contributed by atoms with Crippen molar-refractivity contribution in [1.82, 2.24) is 19.8 Å². The number of thioether (sulfide) groups is 1. The molecule has 164 valence electrons. The van der Waals surface area contributed by atoms with E-state index in [1.165, 1.54) is 31.4 Å². The van der Waals surface area contributed by atoms with Gasteiger partial charge in [-0.15, -0.1) is 5.10 Å². The standard InChI is InChI=1S/C18H16F2N4O5S2/c1-9-14(31-23-22-9)15(25)21-5-6-24-16(26)13(30-18(24)27)8-10-3-4-11(29-17(19)20)12(7-10)28-2/h3-4,7-8,17H,5-6H2,1-2H3,(H,21,25)/b13-8+. The highest BCUT2D eigenvalue weighted by Gasteiger charge is 2.34. The number of aromatic nitrogens is 2. The quantitative estimate of drug-likeness (QED) is 0.587. The van der Waals surface area contributed by atoms with E-state index in [0.29, 0.717) is 16.1 Å². The van der Waals surface area contributed by atoms with Crippen LogP contribution < -0.4 is 14.8 Å². The van der Waals surface area contributed by atoms with Crippen LogP contribution >= 0.6 is 23.3 Å². The molecule has 0 spiro atoms. The van der Waals surface area contributed by atoms with Crippen molar-refractivity contribution in [1.29, 1.82) is 0 Å². The maximum Gasteiger partial charge on any atom is 0.387 e. The maximum absolute atomic E-state index is 12.6. The van der Waals surface area contributed by atoms with Crippen LogP contribution in [0.1, 0.15) is 20.9 Å². The van der Waals surface area contributed by atoms with E-state index in [-0.39, 0.29) is 35.4 Å². The number of hydrogen-bond donors (Lipinski definition) is 1. The van der Waals surface area contributed by atoms with Gasteiger partial charge in [0.1, 0.15) is 4.88 Å². The minimum absolute atomic E-state index is 0.0104. The van der Waals surface area contributed by atoms with Crippen LogP contribution in [0.15, 0.2) is 23.1 Å². The number of methoxy groups -OCH3 is 1. The van der Waals surface area contributed by atoms with Crippen molar-refractivity contribution in [2.75, 3.05) is 20.2 Å². The fraction of sp³-hybridized carbons (Fsp3) is 0.278. The first-order chi connectivity index (χ1) is 14.8. The Kier molecular flexibility index (Phi) is 7.17. The summed E-state index contributed by atoms with van der Waals surface area (Å²) in [6.07, 6.45) is 1.45. The number of hydrogen-bond acceptors (Lipinski definition) is 9. The molecule has 1 saturated heterocycles. The molecule has 13 heteroatoms. The summed E-state index contributed by atoms with van der Waals surface area (Å²) in [4.78, 5) is 38.4. The number of rotatable bonds is 8. The zero-order chi connectivity index (χ0) is 22.5. The fourth-order valence-electron chi connectivity index (χ4n) is 2.61.